The Bertz CT molecular complexity index is 1060. The van der Waals surface area contributed by atoms with E-state index in [1.165, 1.54) is 14.2 Å². The number of rotatable bonds is 8. The van der Waals surface area contributed by atoms with Crippen LogP contribution in [-0.4, -0.2) is 59.0 Å². The molecular formula is C22H26Cl2N6O3. The summed E-state index contributed by atoms with van der Waals surface area (Å²) in [6.45, 7) is 2.26. The number of anilines is 2. The second kappa shape index (κ2) is 10.5. The van der Waals surface area contributed by atoms with E-state index in [9.17, 15) is 0 Å². The van der Waals surface area contributed by atoms with Crippen molar-refractivity contribution in [2.24, 2.45) is 0 Å². The lowest BCUT2D eigenvalue weighted by molar-refractivity contribution is 0.212. The lowest BCUT2D eigenvalue weighted by Crippen LogP contribution is -2.31. The average molecular weight is 493 g/mol. The Balaban J connectivity index is 1.38. The third kappa shape index (κ3) is 5.43. The molecule has 1 aliphatic heterocycles. The van der Waals surface area contributed by atoms with Crippen LogP contribution in [0.3, 0.4) is 0 Å². The molecule has 0 radical (unpaired) electrons. The monoisotopic (exact) mass is 492 g/mol. The van der Waals surface area contributed by atoms with Crippen molar-refractivity contribution < 1.29 is 14.2 Å². The summed E-state index contributed by atoms with van der Waals surface area (Å²) < 4.78 is 18.4. The maximum atomic E-state index is 6.39. The van der Waals surface area contributed by atoms with E-state index in [0.29, 0.717) is 44.8 Å². The highest BCUT2D eigenvalue weighted by atomic mass is 35.5. The number of hydrogen-bond acceptors (Lipinski definition) is 8. The molecule has 176 valence electrons. The fraction of sp³-hybridized carbons (Fsp3) is 0.409. The predicted molar refractivity (Wildman–Crippen MR) is 127 cm³/mol. The summed E-state index contributed by atoms with van der Waals surface area (Å²) in [5, 5.41) is 8.40. The largest absolute Gasteiger partial charge is 0.495 e. The van der Waals surface area contributed by atoms with Crippen LogP contribution < -0.4 is 19.5 Å². The highest BCUT2D eigenvalue weighted by Gasteiger charge is 2.19. The summed E-state index contributed by atoms with van der Waals surface area (Å²) in [5.41, 5.74) is 1.39. The van der Waals surface area contributed by atoms with E-state index in [1.54, 1.807) is 24.7 Å². The summed E-state index contributed by atoms with van der Waals surface area (Å²) in [5.74, 6) is 1.82. The van der Waals surface area contributed by atoms with Gasteiger partial charge < -0.3 is 24.4 Å². The first-order chi connectivity index (χ1) is 16.0. The first-order valence-corrected chi connectivity index (χ1v) is 11.3. The Kier molecular flexibility index (Phi) is 7.42. The molecular weight excluding hydrogens is 467 g/mol. The molecule has 2 aromatic heterocycles. The first-order valence-electron chi connectivity index (χ1n) is 10.5. The van der Waals surface area contributed by atoms with Crippen molar-refractivity contribution in [3.63, 3.8) is 0 Å². The number of halogens is 2. The Hall–Kier alpha value is -2.75. The zero-order valence-corrected chi connectivity index (χ0v) is 20.2. The number of hydrogen-bond donors (Lipinski definition) is 1. The molecule has 0 saturated carbocycles. The fourth-order valence-electron chi connectivity index (χ4n) is 3.67. The van der Waals surface area contributed by atoms with Crippen LogP contribution in [0.15, 0.2) is 30.9 Å². The molecule has 1 saturated heterocycles. The van der Waals surface area contributed by atoms with Gasteiger partial charge in [0.05, 0.1) is 54.6 Å². The van der Waals surface area contributed by atoms with Gasteiger partial charge in [0, 0.05) is 17.8 Å². The molecule has 1 N–H and O–H groups in total. The number of aromatic nitrogens is 4. The predicted octanol–water partition coefficient (Wildman–Crippen LogP) is 4.59. The smallest absolute Gasteiger partial charge is 0.227 e. The van der Waals surface area contributed by atoms with Crippen LogP contribution in [0.5, 0.6) is 17.2 Å². The summed E-state index contributed by atoms with van der Waals surface area (Å²) in [6, 6.07) is 2.05. The van der Waals surface area contributed by atoms with Gasteiger partial charge >= 0.3 is 0 Å². The second-order valence-corrected chi connectivity index (χ2v) is 8.54. The van der Waals surface area contributed by atoms with Gasteiger partial charge in [-0.15, -0.1) is 0 Å². The van der Waals surface area contributed by atoms with Crippen LogP contribution in [0.1, 0.15) is 24.4 Å². The molecule has 11 heteroatoms. The van der Waals surface area contributed by atoms with Gasteiger partial charge in [0.15, 0.2) is 5.75 Å². The minimum atomic E-state index is 0.102. The van der Waals surface area contributed by atoms with Crippen LogP contribution in [-0.2, 0) is 6.61 Å². The van der Waals surface area contributed by atoms with Crippen molar-refractivity contribution in [1.29, 1.82) is 0 Å². The van der Waals surface area contributed by atoms with Gasteiger partial charge in [0.2, 0.25) is 5.95 Å². The molecule has 0 unspecified atom stereocenters. The van der Waals surface area contributed by atoms with Crippen LogP contribution in [0.2, 0.25) is 10.0 Å². The van der Waals surface area contributed by atoms with Crippen molar-refractivity contribution in [3.05, 3.63) is 46.5 Å². The van der Waals surface area contributed by atoms with Gasteiger partial charge in [0.1, 0.15) is 18.1 Å². The number of likely N-dealkylation sites (tertiary alicyclic amines) is 1. The van der Waals surface area contributed by atoms with Crippen molar-refractivity contribution in [2.45, 2.75) is 25.5 Å². The summed E-state index contributed by atoms with van der Waals surface area (Å²) >= 11 is 12.8. The molecule has 3 heterocycles. The summed E-state index contributed by atoms with van der Waals surface area (Å²) in [4.78, 5) is 11.0. The number of methoxy groups -OCH3 is 2. The Labute approximate surface area is 202 Å². The lowest BCUT2D eigenvalue weighted by Gasteiger charge is -2.28. The minimum Gasteiger partial charge on any atom is -0.495 e. The zero-order valence-electron chi connectivity index (χ0n) is 18.7. The third-order valence-electron chi connectivity index (χ3n) is 5.60. The molecule has 0 bridgehead atoms. The van der Waals surface area contributed by atoms with Crippen molar-refractivity contribution in [3.8, 4) is 17.2 Å². The van der Waals surface area contributed by atoms with Crippen LogP contribution in [0, 0.1) is 0 Å². The van der Waals surface area contributed by atoms with Gasteiger partial charge in [-0.3, -0.25) is 4.68 Å². The van der Waals surface area contributed by atoms with E-state index < -0.39 is 0 Å². The van der Waals surface area contributed by atoms with E-state index in [2.05, 4.69) is 32.3 Å². The first kappa shape index (κ1) is 23.4. The van der Waals surface area contributed by atoms with Crippen molar-refractivity contribution in [2.75, 3.05) is 39.7 Å². The normalized spacial score (nSPS) is 14.8. The number of nitrogens with one attached hydrogen (secondary N) is 1. The highest BCUT2D eigenvalue weighted by Crippen LogP contribution is 2.40. The van der Waals surface area contributed by atoms with Crippen LogP contribution in [0.25, 0.3) is 0 Å². The Morgan fingerprint density at radius 3 is 2.27 bits per heavy atom. The van der Waals surface area contributed by atoms with E-state index in [4.69, 9.17) is 37.4 Å². The standard InChI is InChI=1S/C22H26Cl2N6O3/c1-29-6-4-15(5-7-29)30-12-14(9-27-30)28-22-25-10-16(11-26-22)33-13-17-20(23)18(31-2)8-19(32-3)21(17)24/h8-12,15H,4-7,13H2,1-3H3,(H,25,26,28). The highest BCUT2D eigenvalue weighted by molar-refractivity contribution is 6.37. The average Bonchev–Trinajstić information content (AvgIpc) is 3.29. The molecule has 0 aliphatic carbocycles. The lowest BCUT2D eigenvalue weighted by atomic mass is 10.1. The maximum absolute atomic E-state index is 6.39. The number of piperidine rings is 1. The van der Waals surface area contributed by atoms with Gasteiger partial charge in [-0.05, 0) is 33.0 Å². The molecule has 3 aromatic rings. The molecule has 1 aromatic carbocycles. The van der Waals surface area contributed by atoms with Gasteiger partial charge in [0.25, 0.3) is 0 Å². The summed E-state index contributed by atoms with van der Waals surface area (Å²) in [6.07, 6.45) is 9.11. The number of benzene rings is 1. The molecule has 4 rings (SSSR count). The van der Waals surface area contributed by atoms with E-state index >= 15 is 0 Å². The fourth-order valence-corrected chi connectivity index (χ4v) is 4.27. The van der Waals surface area contributed by atoms with Gasteiger partial charge in [-0.25, -0.2) is 9.97 Å². The van der Waals surface area contributed by atoms with E-state index in [0.717, 1.165) is 31.6 Å². The summed E-state index contributed by atoms with van der Waals surface area (Å²) in [7, 11) is 5.19. The number of nitrogens with zero attached hydrogens (tertiary/aromatic N) is 5. The minimum absolute atomic E-state index is 0.102. The molecule has 0 amide bonds. The van der Waals surface area contributed by atoms with E-state index in [-0.39, 0.29) is 6.61 Å². The van der Waals surface area contributed by atoms with Crippen LogP contribution in [0.4, 0.5) is 11.6 Å². The molecule has 33 heavy (non-hydrogen) atoms. The van der Waals surface area contributed by atoms with E-state index in [1.807, 2.05) is 10.9 Å². The van der Waals surface area contributed by atoms with Crippen molar-refractivity contribution >= 4 is 34.8 Å². The Morgan fingerprint density at radius 2 is 1.67 bits per heavy atom. The maximum Gasteiger partial charge on any atom is 0.227 e. The van der Waals surface area contributed by atoms with Crippen molar-refractivity contribution in [1.82, 2.24) is 24.6 Å². The molecule has 1 aliphatic rings. The second-order valence-electron chi connectivity index (χ2n) is 7.79. The zero-order chi connectivity index (χ0) is 23.4. The molecule has 0 spiro atoms. The topological polar surface area (TPSA) is 86.6 Å². The quantitative estimate of drug-likeness (QED) is 0.488. The van der Waals surface area contributed by atoms with Gasteiger partial charge in [-0.1, -0.05) is 23.2 Å². The van der Waals surface area contributed by atoms with Crippen LogP contribution >= 0.6 is 23.2 Å². The SMILES string of the molecule is COc1cc(OC)c(Cl)c(COc2cnc(Nc3cnn(C4CCN(C)CC4)c3)nc2)c1Cl. The third-order valence-corrected chi connectivity index (χ3v) is 6.42. The van der Waals surface area contributed by atoms with Gasteiger partial charge in [-0.2, -0.15) is 5.10 Å². The molecule has 0 atom stereocenters. The Morgan fingerprint density at radius 1 is 1.03 bits per heavy atom. The number of ether oxygens (including phenoxy) is 3. The molecule has 1 fully saturated rings. The molecule has 9 nitrogen and oxygen atoms in total.